The molecule has 0 aliphatic carbocycles. The molecule has 40 heavy (non-hydrogen) atoms. The minimum absolute atomic E-state index is 0.235. The Labute approximate surface area is 233 Å². The van der Waals surface area contributed by atoms with E-state index in [1.165, 1.54) is 16.0 Å². The number of rotatable bonds is 9. The van der Waals surface area contributed by atoms with Crippen molar-refractivity contribution >= 4 is 23.4 Å². The molecule has 2 aromatic carbocycles. The van der Waals surface area contributed by atoms with Gasteiger partial charge in [0.1, 0.15) is 12.6 Å². The molecule has 9 nitrogen and oxygen atoms in total. The van der Waals surface area contributed by atoms with E-state index in [-0.39, 0.29) is 24.8 Å². The third-order valence-electron chi connectivity index (χ3n) is 6.67. The Morgan fingerprint density at radius 1 is 1.05 bits per heavy atom. The molecule has 0 saturated carbocycles. The molecule has 3 atom stereocenters. The number of amides is 3. The molecule has 0 fully saturated rings. The SMILES string of the molecule is CC(C)[C@@H]1C(=O)N(CC(=O)N[C@@H](Cc2ccccc2)C(O)C#N)C(c2ccccc2)=CN1C(=O)c1cccnc1. The number of nitriles is 1. The van der Waals surface area contributed by atoms with Crippen LogP contribution in [-0.4, -0.2) is 62.3 Å². The number of carbonyl (C=O) groups excluding carboxylic acids is 3. The molecule has 1 aromatic heterocycles. The first-order valence-corrected chi connectivity index (χ1v) is 13.0. The Morgan fingerprint density at radius 3 is 2.33 bits per heavy atom. The second-order valence-electron chi connectivity index (χ2n) is 9.89. The summed E-state index contributed by atoms with van der Waals surface area (Å²) in [5.74, 6) is -1.60. The van der Waals surface area contributed by atoms with E-state index in [0.29, 0.717) is 16.8 Å². The Kier molecular flexibility index (Phi) is 9.04. The Balaban J connectivity index is 1.67. The molecule has 0 bridgehead atoms. The second-order valence-corrected chi connectivity index (χ2v) is 9.89. The van der Waals surface area contributed by atoms with Crippen LogP contribution in [0.4, 0.5) is 0 Å². The number of pyridine rings is 1. The molecule has 3 amide bonds. The van der Waals surface area contributed by atoms with Crippen LogP contribution in [0.5, 0.6) is 0 Å². The number of aliphatic hydroxyl groups excluding tert-OH is 1. The zero-order chi connectivity index (χ0) is 28.6. The van der Waals surface area contributed by atoms with Crippen molar-refractivity contribution in [2.75, 3.05) is 6.54 Å². The summed E-state index contributed by atoms with van der Waals surface area (Å²) in [6.45, 7) is 3.32. The van der Waals surface area contributed by atoms with E-state index in [9.17, 15) is 24.8 Å². The van der Waals surface area contributed by atoms with Crippen LogP contribution >= 0.6 is 0 Å². The molecule has 0 saturated heterocycles. The van der Waals surface area contributed by atoms with Crippen molar-refractivity contribution in [3.63, 3.8) is 0 Å². The van der Waals surface area contributed by atoms with E-state index >= 15 is 0 Å². The summed E-state index contributed by atoms with van der Waals surface area (Å²) in [5.41, 5.74) is 2.21. The molecule has 9 heteroatoms. The van der Waals surface area contributed by atoms with Crippen molar-refractivity contribution in [2.24, 2.45) is 5.92 Å². The number of aromatic nitrogens is 1. The van der Waals surface area contributed by atoms with E-state index in [1.807, 2.05) is 50.2 Å². The first-order valence-electron chi connectivity index (χ1n) is 13.0. The van der Waals surface area contributed by atoms with Crippen molar-refractivity contribution in [1.29, 1.82) is 5.26 Å². The van der Waals surface area contributed by atoms with Crippen LogP contribution in [0.2, 0.25) is 0 Å². The molecule has 3 aromatic rings. The molecule has 0 radical (unpaired) electrons. The number of hydrogen-bond acceptors (Lipinski definition) is 6. The number of aliphatic hydroxyl groups is 1. The predicted molar refractivity (Wildman–Crippen MR) is 149 cm³/mol. The summed E-state index contributed by atoms with van der Waals surface area (Å²) < 4.78 is 0. The lowest BCUT2D eigenvalue weighted by molar-refractivity contribution is -0.138. The van der Waals surface area contributed by atoms with Crippen molar-refractivity contribution in [1.82, 2.24) is 20.1 Å². The zero-order valence-electron chi connectivity index (χ0n) is 22.3. The van der Waals surface area contributed by atoms with Crippen molar-refractivity contribution in [3.05, 3.63) is 108 Å². The normalized spacial score (nSPS) is 16.6. The van der Waals surface area contributed by atoms with Gasteiger partial charge in [0.05, 0.1) is 23.4 Å². The third-order valence-corrected chi connectivity index (χ3v) is 6.67. The number of benzene rings is 2. The van der Waals surface area contributed by atoms with Gasteiger partial charge in [0.2, 0.25) is 5.91 Å². The molecule has 1 aliphatic heterocycles. The van der Waals surface area contributed by atoms with Gasteiger partial charge in [0.25, 0.3) is 11.8 Å². The third kappa shape index (κ3) is 6.42. The van der Waals surface area contributed by atoms with Gasteiger partial charge < -0.3 is 15.3 Å². The van der Waals surface area contributed by atoms with Crippen LogP contribution in [0.15, 0.2) is 91.4 Å². The van der Waals surface area contributed by atoms with E-state index < -0.39 is 30.0 Å². The first-order chi connectivity index (χ1) is 19.3. The molecular weight excluding hydrogens is 506 g/mol. The summed E-state index contributed by atoms with van der Waals surface area (Å²) in [4.78, 5) is 47.7. The molecule has 204 valence electrons. The van der Waals surface area contributed by atoms with Crippen molar-refractivity contribution in [2.45, 2.75) is 38.5 Å². The molecule has 1 aliphatic rings. The van der Waals surface area contributed by atoms with Crippen LogP contribution in [0.3, 0.4) is 0 Å². The summed E-state index contributed by atoms with van der Waals surface area (Å²) in [5, 5.41) is 22.4. The summed E-state index contributed by atoms with van der Waals surface area (Å²) >= 11 is 0. The fourth-order valence-corrected chi connectivity index (χ4v) is 4.71. The van der Waals surface area contributed by atoms with Gasteiger partial charge in [-0.25, -0.2) is 0 Å². The Morgan fingerprint density at radius 2 is 1.73 bits per heavy atom. The highest BCUT2D eigenvalue weighted by Crippen LogP contribution is 2.31. The van der Waals surface area contributed by atoms with Gasteiger partial charge in [0.15, 0.2) is 6.10 Å². The minimum Gasteiger partial charge on any atom is -0.376 e. The Hall–Kier alpha value is -4.81. The van der Waals surface area contributed by atoms with Gasteiger partial charge in [-0.05, 0) is 35.6 Å². The highest BCUT2D eigenvalue weighted by Gasteiger charge is 2.41. The van der Waals surface area contributed by atoms with Crippen LogP contribution in [0.1, 0.15) is 35.3 Å². The smallest absolute Gasteiger partial charge is 0.260 e. The number of nitrogens with one attached hydrogen (secondary N) is 1. The number of hydrogen-bond donors (Lipinski definition) is 2. The van der Waals surface area contributed by atoms with Gasteiger partial charge in [0, 0.05) is 18.6 Å². The van der Waals surface area contributed by atoms with Gasteiger partial charge in [-0.2, -0.15) is 5.26 Å². The Bertz CT molecular complexity index is 1400. The largest absolute Gasteiger partial charge is 0.376 e. The lowest BCUT2D eigenvalue weighted by Gasteiger charge is -2.41. The first kappa shape index (κ1) is 28.2. The fourth-order valence-electron chi connectivity index (χ4n) is 4.71. The maximum atomic E-state index is 14.0. The van der Waals surface area contributed by atoms with Crippen LogP contribution in [-0.2, 0) is 16.0 Å². The summed E-state index contributed by atoms with van der Waals surface area (Å²) in [7, 11) is 0. The van der Waals surface area contributed by atoms with Crippen molar-refractivity contribution in [3.8, 4) is 6.07 Å². The summed E-state index contributed by atoms with van der Waals surface area (Å²) in [6, 6.07) is 21.6. The van der Waals surface area contributed by atoms with Crippen molar-refractivity contribution < 1.29 is 19.5 Å². The van der Waals surface area contributed by atoms with E-state index in [1.54, 1.807) is 54.9 Å². The average molecular weight is 538 g/mol. The van der Waals surface area contributed by atoms with Gasteiger partial charge in [-0.15, -0.1) is 0 Å². The summed E-state index contributed by atoms with van der Waals surface area (Å²) in [6.07, 6.45) is 3.42. The maximum Gasteiger partial charge on any atom is 0.260 e. The topological polar surface area (TPSA) is 127 Å². The predicted octanol–water partition coefficient (Wildman–Crippen LogP) is 3.00. The zero-order valence-corrected chi connectivity index (χ0v) is 22.3. The molecule has 4 rings (SSSR count). The van der Waals surface area contributed by atoms with Gasteiger partial charge in [-0.1, -0.05) is 74.5 Å². The minimum atomic E-state index is -1.44. The maximum absolute atomic E-state index is 14.0. The molecule has 2 N–H and O–H groups in total. The monoisotopic (exact) mass is 537 g/mol. The van der Waals surface area contributed by atoms with Crippen LogP contribution in [0, 0.1) is 17.2 Å². The lowest BCUT2D eigenvalue weighted by atomic mass is 9.96. The second kappa shape index (κ2) is 12.8. The standard InChI is InChI=1S/C31H31N5O4/c1-21(2)29-31(40)35(20-28(38)34-25(27(37)17-32)16-22-10-5-3-6-11-22)26(23-12-7-4-8-13-23)19-36(29)30(39)24-14-9-15-33-18-24/h3-15,18-19,21,25,27,29,37H,16,20H2,1-2H3,(H,34,38)/t25-,27?,29+/m0/s1. The number of carbonyl (C=O) groups is 3. The van der Waals surface area contributed by atoms with Crippen LogP contribution in [0.25, 0.3) is 5.70 Å². The average Bonchev–Trinajstić information content (AvgIpc) is 2.98. The van der Waals surface area contributed by atoms with E-state index in [4.69, 9.17) is 0 Å². The van der Waals surface area contributed by atoms with Gasteiger partial charge in [-0.3, -0.25) is 24.3 Å². The van der Waals surface area contributed by atoms with E-state index in [2.05, 4.69) is 10.3 Å². The molecule has 1 unspecified atom stereocenters. The number of nitrogens with zero attached hydrogens (tertiary/aromatic N) is 4. The van der Waals surface area contributed by atoms with Crippen LogP contribution < -0.4 is 5.32 Å². The van der Waals surface area contributed by atoms with E-state index in [0.717, 1.165) is 5.56 Å². The molecular formula is C31H31N5O4. The highest BCUT2D eigenvalue weighted by molar-refractivity contribution is 6.03. The molecule has 2 heterocycles. The lowest BCUT2D eigenvalue weighted by Crippen LogP contribution is -2.57. The molecule has 0 spiro atoms. The fraction of sp³-hybridized carbons (Fsp3) is 0.258. The highest BCUT2D eigenvalue weighted by atomic mass is 16.3. The van der Waals surface area contributed by atoms with Gasteiger partial charge >= 0.3 is 0 Å². The quantitative estimate of drug-likeness (QED) is 0.404.